The Morgan fingerprint density at radius 1 is 1.12 bits per heavy atom. The molecule has 1 nitrogen and oxygen atoms in total. The van der Waals surface area contributed by atoms with Gasteiger partial charge in [-0.1, -0.05) is 39.0 Å². The SMILES string of the molecule is C=CCc1cc(C(C)(C)C)cc(O)c1CC=C. The normalized spacial score (nSPS) is 11.2. The van der Waals surface area contributed by atoms with E-state index in [4.69, 9.17) is 0 Å². The third-order valence-corrected chi connectivity index (χ3v) is 2.90. The van der Waals surface area contributed by atoms with Crippen molar-refractivity contribution in [1.82, 2.24) is 0 Å². The van der Waals surface area contributed by atoms with E-state index in [1.54, 1.807) is 0 Å². The van der Waals surface area contributed by atoms with Gasteiger partial charge in [-0.25, -0.2) is 0 Å². The highest BCUT2D eigenvalue weighted by molar-refractivity contribution is 5.46. The average Bonchev–Trinajstić information content (AvgIpc) is 2.21. The molecule has 0 aliphatic carbocycles. The molecule has 0 radical (unpaired) electrons. The van der Waals surface area contributed by atoms with Crippen LogP contribution in [0.25, 0.3) is 0 Å². The van der Waals surface area contributed by atoms with Gasteiger partial charge in [-0.3, -0.25) is 0 Å². The molecule has 1 N–H and O–H groups in total. The standard InChI is InChI=1S/C16H22O/c1-6-8-12-10-13(16(3,4)5)11-15(17)14(12)9-7-2/h6-7,10-11,17H,1-2,8-9H2,3-5H3. The zero-order valence-corrected chi connectivity index (χ0v) is 11.1. The third kappa shape index (κ3) is 3.23. The first kappa shape index (κ1) is 13.6. The van der Waals surface area contributed by atoms with Crippen LogP contribution in [0.1, 0.15) is 37.5 Å². The molecule has 17 heavy (non-hydrogen) atoms. The van der Waals surface area contributed by atoms with Gasteiger partial charge in [-0.05, 0) is 35.4 Å². The Labute approximate surface area is 104 Å². The highest BCUT2D eigenvalue weighted by atomic mass is 16.3. The van der Waals surface area contributed by atoms with Gasteiger partial charge in [0.05, 0.1) is 0 Å². The van der Waals surface area contributed by atoms with Crippen LogP contribution in [0, 0.1) is 0 Å². The quantitative estimate of drug-likeness (QED) is 0.770. The molecule has 92 valence electrons. The highest BCUT2D eigenvalue weighted by Gasteiger charge is 2.17. The summed E-state index contributed by atoms with van der Waals surface area (Å²) in [5, 5.41) is 10.1. The number of rotatable bonds is 4. The molecule has 0 atom stereocenters. The Morgan fingerprint density at radius 2 is 1.71 bits per heavy atom. The molecule has 0 saturated carbocycles. The van der Waals surface area contributed by atoms with E-state index in [0.717, 1.165) is 23.1 Å². The van der Waals surface area contributed by atoms with Crippen molar-refractivity contribution in [2.45, 2.75) is 39.0 Å². The van der Waals surface area contributed by atoms with Crippen LogP contribution in [0.3, 0.4) is 0 Å². The second-order valence-electron chi connectivity index (χ2n) is 5.37. The molecule has 0 heterocycles. The van der Waals surface area contributed by atoms with E-state index in [0.29, 0.717) is 12.2 Å². The van der Waals surface area contributed by atoms with Crippen molar-refractivity contribution in [2.24, 2.45) is 0 Å². The first-order chi connectivity index (χ1) is 7.90. The van der Waals surface area contributed by atoms with E-state index < -0.39 is 0 Å². The molecule has 0 bridgehead atoms. The summed E-state index contributed by atoms with van der Waals surface area (Å²) in [7, 11) is 0. The fourth-order valence-electron chi connectivity index (χ4n) is 1.87. The van der Waals surface area contributed by atoms with Crippen molar-refractivity contribution in [1.29, 1.82) is 0 Å². The summed E-state index contributed by atoms with van der Waals surface area (Å²) >= 11 is 0. The number of aromatic hydroxyl groups is 1. The van der Waals surface area contributed by atoms with Gasteiger partial charge < -0.3 is 5.11 Å². The minimum absolute atomic E-state index is 0.0418. The summed E-state index contributed by atoms with van der Waals surface area (Å²) in [4.78, 5) is 0. The van der Waals surface area contributed by atoms with Gasteiger partial charge in [0.1, 0.15) is 5.75 Å². The van der Waals surface area contributed by atoms with Crippen molar-refractivity contribution in [3.63, 3.8) is 0 Å². The molecule has 0 aliphatic heterocycles. The molecule has 1 aromatic carbocycles. The van der Waals surface area contributed by atoms with Crippen LogP contribution < -0.4 is 0 Å². The summed E-state index contributed by atoms with van der Waals surface area (Å²) in [6, 6.07) is 4.03. The van der Waals surface area contributed by atoms with Crippen LogP contribution in [0.5, 0.6) is 5.75 Å². The van der Waals surface area contributed by atoms with Gasteiger partial charge in [0.2, 0.25) is 0 Å². The fourth-order valence-corrected chi connectivity index (χ4v) is 1.87. The van der Waals surface area contributed by atoms with Crippen LogP contribution in [-0.4, -0.2) is 5.11 Å². The lowest BCUT2D eigenvalue weighted by atomic mass is 9.84. The largest absolute Gasteiger partial charge is 0.508 e. The smallest absolute Gasteiger partial charge is 0.119 e. The summed E-state index contributed by atoms with van der Waals surface area (Å²) in [5.41, 5.74) is 3.30. The van der Waals surface area contributed by atoms with E-state index in [1.807, 2.05) is 18.2 Å². The molecule has 1 rings (SSSR count). The first-order valence-electron chi connectivity index (χ1n) is 5.97. The minimum Gasteiger partial charge on any atom is -0.508 e. The third-order valence-electron chi connectivity index (χ3n) is 2.90. The Kier molecular flexibility index (Phi) is 4.17. The van der Waals surface area contributed by atoms with Crippen LogP contribution in [0.4, 0.5) is 0 Å². The topological polar surface area (TPSA) is 20.2 Å². The van der Waals surface area contributed by atoms with Gasteiger partial charge in [0.15, 0.2) is 0 Å². The van der Waals surface area contributed by atoms with E-state index in [1.165, 1.54) is 0 Å². The summed E-state index contributed by atoms with van der Waals surface area (Å²) < 4.78 is 0. The van der Waals surface area contributed by atoms with E-state index in [-0.39, 0.29) is 5.41 Å². The zero-order chi connectivity index (χ0) is 13.1. The number of allylic oxidation sites excluding steroid dienone is 2. The van der Waals surface area contributed by atoms with Crippen molar-refractivity contribution < 1.29 is 5.11 Å². The minimum atomic E-state index is 0.0418. The lowest BCUT2D eigenvalue weighted by Gasteiger charge is -2.22. The first-order valence-corrected chi connectivity index (χ1v) is 5.97. The highest BCUT2D eigenvalue weighted by Crippen LogP contribution is 2.31. The Hall–Kier alpha value is -1.50. The van der Waals surface area contributed by atoms with Gasteiger partial charge in [0.25, 0.3) is 0 Å². The van der Waals surface area contributed by atoms with E-state index >= 15 is 0 Å². The maximum atomic E-state index is 10.1. The van der Waals surface area contributed by atoms with E-state index in [9.17, 15) is 5.11 Å². The summed E-state index contributed by atoms with van der Waals surface area (Å²) in [5.74, 6) is 0.370. The molecular weight excluding hydrogens is 208 g/mol. The Morgan fingerprint density at radius 3 is 2.18 bits per heavy atom. The molecule has 0 aromatic heterocycles. The lowest BCUT2D eigenvalue weighted by Crippen LogP contribution is -2.12. The second kappa shape index (κ2) is 5.22. The maximum Gasteiger partial charge on any atom is 0.119 e. The van der Waals surface area contributed by atoms with Crippen LogP contribution in [0.2, 0.25) is 0 Å². The maximum absolute atomic E-state index is 10.1. The van der Waals surface area contributed by atoms with Crippen LogP contribution in [0.15, 0.2) is 37.4 Å². The summed E-state index contributed by atoms with van der Waals surface area (Å²) in [6.45, 7) is 13.9. The molecule has 0 spiro atoms. The monoisotopic (exact) mass is 230 g/mol. The van der Waals surface area contributed by atoms with E-state index in [2.05, 4.69) is 40.0 Å². The van der Waals surface area contributed by atoms with Crippen molar-refractivity contribution >= 4 is 0 Å². The van der Waals surface area contributed by atoms with Crippen LogP contribution in [-0.2, 0) is 18.3 Å². The number of hydrogen-bond acceptors (Lipinski definition) is 1. The number of phenolic OH excluding ortho intramolecular Hbond substituents is 1. The van der Waals surface area contributed by atoms with Crippen LogP contribution >= 0.6 is 0 Å². The zero-order valence-electron chi connectivity index (χ0n) is 11.1. The fraction of sp³-hybridized carbons (Fsp3) is 0.375. The lowest BCUT2D eigenvalue weighted by molar-refractivity contribution is 0.464. The molecule has 1 heteroatoms. The van der Waals surface area contributed by atoms with Crippen molar-refractivity contribution in [3.05, 3.63) is 54.1 Å². The number of hydrogen-bond donors (Lipinski definition) is 1. The van der Waals surface area contributed by atoms with Gasteiger partial charge >= 0.3 is 0 Å². The molecule has 0 unspecified atom stereocenters. The van der Waals surface area contributed by atoms with Gasteiger partial charge in [0, 0.05) is 5.56 Å². The Balaban J connectivity index is 3.34. The molecule has 1 aromatic rings. The molecule has 0 fully saturated rings. The second-order valence-corrected chi connectivity index (χ2v) is 5.37. The number of benzene rings is 1. The van der Waals surface area contributed by atoms with Crippen molar-refractivity contribution in [3.8, 4) is 5.75 Å². The number of phenols is 1. The van der Waals surface area contributed by atoms with Gasteiger partial charge in [-0.15, -0.1) is 13.2 Å². The summed E-state index contributed by atoms with van der Waals surface area (Å²) in [6.07, 6.45) is 5.16. The molecule has 0 amide bonds. The average molecular weight is 230 g/mol. The van der Waals surface area contributed by atoms with Gasteiger partial charge in [-0.2, -0.15) is 0 Å². The predicted molar refractivity (Wildman–Crippen MR) is 74.6 cm³/mol. The molecule has 0 saturated heterocycles. The van der Waals surface area contributed by atoms with Crippen molar-refractivity contribution in [2.75, 3.05) is 0 Å². The molecule has 0 aliphatic rings. The Bertz CT molecular complexity index is 422. The predicted octanol–water partition coefficient (Wildman–Crippen LogP) is 4.15. The molecular formula is C16H22O.